The molecule has 0 spiro atoms. The number of aryl methyl sites for hydroxylation is 1. The number of amides is 1. The van der Waals surface area contributed by atoms with Gasteiger partial charge < -0.3 is 14.5 Å². The van der Waals surface area contributed by atoms with Crippen LogP contribution in [0.15, 0.2) is 47.4 Å². The van der Waals surface area contributed by atoms with Crippen LogP contribution >= 0.6 is 11.6 Å². The maximum atomic E-state index is 12.9. The Hall–Kier alpha value is -2.29. The van der Waals surface area contributed by atoms with E-state index in [1.807, 2.05) is 24.3 Å². The van der Waals surface area contributed by atoms with E-state index >= 15 is 0 Å². The van der Waals surface area contributed by atoms with Crippen LogP contribution in [-0.4, -0.2) is 70.4 Å². The summed E-state index contributed by atoms with van der Waals surface area (Å²) in [6.07, 6.45) is 0. The van der Waals surface area contributed by atoms with E-state index in [9.17, 15) is 13.2 Å². The first kappa shape index (κ1) is 22.4. The van der Waals surface area contributed by atoms with E-state index in [2.05, 4.69) is 4.90 Å². The first-order valence-electron chi connectivity index (χ1n) is 9.61. The molecule has 0 aromatic heterocycles. The van der Waals surface area contributed by atoms with E-state index in [1.54, 1.807) is 24.0 Å². The summed E-state index contributed by atoms with van der Waals surface area (Å²) in [7, 11) is -0.813. The summed E-state index contributed by atoms with van der Waals surface area (Å²) >= 11 is 6.06. The zero-order chi connectivity index (χ0) is 21.9. The maximum Gasteiger partial charge on any atom is 0.243 e. The second-order valence-electron chi connectivity index (χ2n) is 7.24. The molecule has 30 heavy (non-hydrogen) atoms. The number of benzene rings is 2. The van der Waals surface area contributed by atoms with E-state index in [4.69, 9.17) is 16.3 Å². The van der Waals surface area contributed by atoms with Crippen LogP contribution in [0.2, 0.25) is 5.02 Å². The monoisotopic (exact) mass is 451 g/mol. The van der Waals surface area contributed by atoms with E-state index in [1.165, 1.54) is 20.2 Å². The number of hydrogen-bond acceptors (Lipinski definition) is 5. The SMILES string of the molecule is COc1ccc(S(=O)(=O)N(C)CC(=O)N2CCN(c3cccc(Cl)c3)CC2)cc1C. The minimum Gasteiger partial charge on any atom is -0.496 e. The van der Waals surface area contributed by atoms with E-state index in [-0.39, 0.29) is 17.3 Å². The molecule has 162 valence electrons. The smallest absolute Gasteiger partial charge is 0.243 e. The van der Waals surface area contributed by atoms with Gasteiger partial charge in [0, 0.05) is 43.9 Å². The molecule has 0 bridgehead atoms. The van der Waals surface area contributed by atoms with Crippen LogP contribution in [0.4, 0.5) is 5.69 Å². The zero-order valence-electron chi connectivity index (χ0n) is 17.3. The second-order valence-corrected chi connectivity index (χ2v) is 9.72. The Kier molecular flexibility index (Phi) is 6.90. The number of halogens is 1. The molecule has 0 unspecified atom stereocenters. The largest absolute Gasteiger partial charge is 0.496 e. The van der Waals surface area contributed by atoms with Gasteiger partial charge in [0.05, 0.1) is 18.6 Å². The number of carbonyl (C=O) groups is 1. The lowest BCUT2D eigenvalue weighted by atomic mass is 10.2. The van der Waals surface area contributed by atoms with Crippen LogP contribution in [0.3, 0.4) is 0 Å². The number of hydrogen-bond donors (Lipinski definition) is 0. The van der Waals surface area contributed by atoms with Crippen LogP contribution in [-0.2, 0) is 14.8 Å². The number of likely N-dealkylation sites (N-methyl/N-ethyl adjacent to an activating group) is 1. The van der Waals surface area contributed by atoms with E-state index in [0.717, 1.165) is 15.6 Å². The van der Waals surface area contributed by atoms with Gasteiger partial charge in [-0.05, 0) is 48.9 Å². The number of anilines is 1. The minimum absolute atomic E-state index is 0.141. The summed E-state index contributed by atoms with van der Waals surface area (Å²) < 4.78 is 32.0. The summed E-state index contributed by atoms with van der Waals surface area (Å²) in [5, 5.41) is 0.673. The number of nitrogens with zero attached hydrogens (tertiary/aromatic N) is 3. The van der Waals surface area contributed by atoms with E-state index in [0.29, 0.717) is 37.0 Å². The molecule has 1 saturated heterocycles. The van der Waals surface area contributed by atoms with Gasteiger partial charge in [0.2, 0.25) is 15.9 Å². The summed E-state index contributed by atoms with van der Waals surface area (Å²) in [5.74, 6) is 0.405. The van der Waals surface area contributed by atoms with Crippen LogP contribution in [0.5, 0.6) is 5.75 Å². The molecule has 1 aliphatic heterocycles. The van der Waals surface area contributed by atoms with Gasteiger partial charge in [-0.1, -0.05) is 17.7 Å². The Morgan fingerprint density at radius 1 is 1.13 bits per heavy atom. The van der Waals surface area contributed by atoms with Crippen molar-refractivity contribution < 1.29 is 17.9 Å². The topological polar surface area (TPSA) is 70.2 Å². The van der Waals surface area contributed by atoms with E-state index < -0.39 is 10.0 Å². The summed E-state index contributed by atoms with van der Waals surface area (Å²) in [5.41, 5.74) is 1.74. The fourth-order valence-electron chi connectivity index (χ4n) is 3.45. The lowest BCUT2D eigenvalue weighted by Gasteiger charge is -2.36. The molecule has 0 aliphatic carbocycles. The number of piperazine rings is 1. The molecule has 3 rings (SSSR count). The van der Waals surface area contributed by atoms with Crippen molar-refractivity contribution >= 4 is 33.2 Å². The Balaban J connectivity index is 1.61. The number of carbonyl (C=O) groups excluding carboxylic acids is 1. The van der Waals surface area contributed by atoms with Gasteiger partial charge >= 0.3 is 0 Å². The normalized spacial score (nSPS) is 14.8. The van der Waals surface area contributed by atoms with Gasteiger partial charge in [0.15, 0.2) is 0 Å². The van der Waals surface area contributed by atoms with Crippen molar-refractivity contribution in [2.45, 2.75) is 11.8 Å². The number of rotatable bonds is 6. The molecule has 0 N–H and O–H groups in total. The highest BCUT2D eigenvalue weighted by Crippen LogP contribution is 2.24. The molecule has 0 saturated carbocycles. The van der Waals surface area contributed by atoms with Gasteiger partial charge in [0.1, 0.15) is 5.75 Å². The van der Waals surface area contributed by atoms with Gasteiger partial charge in [-0.15, -0.1) is 0 Å². The first-order chi connectivity index (χ1) is 14.2. The minimum atomic E-state index is -3.77. The van der Waals surface area contributed by atoms with Crippen molar-refractivity contribution in [3.8, 4) is 5.75 Å². The molecule has 2 aromatic carbocycles. The van der Waals surface area contributed by atoms with Crippen LogP contribution in [0.1, 0.15) is 5.56 Å². The third-order valence-corrected chi connectivity index (χ3v) is 7.27. The standard InChI is InChI=1S/C21H26ClN3O4S/c1-16-13-19(7-8-20(16)29-3)30(27,28)23(2)15-21(26)25-11-9-24(10-12-25)18-6-4-5-17(22)14-18/h4-8,13-14H,9-12,15H2,1-3H3. The molecule has 0 atom stereocenters. The molecular formula is C21H26ClN3O4S. The third kappa shape index (κ3) is 4.88. The summed E-state index contributed by atoms with van der Waals surface area (Å²) in [6.45, 7) is 3.97. The van der Waals surface area contributed by atoms with Crippen molar-refractivity contribution in [2.75, 3.05) is 51.8 Å². The number of ether oxygens (including phenoxy) is 1. The predicted octanol–water partition coefficient (Wildman–Crippen LogP) is 2.63. The zero-order valence-corrected chi connectivity index (χ0v) is 18.9. The van der Waals surface area contributed by atoms with Crippen molar-refractivity contribution in [3.63, 3.8) is 0 Å². The molecule has 1 aliphatic rings. The quantitative estimate of drug-likeness (QED) is 0.675. The van der Waals surface area contributed by atoms with Crippen molar-refractivity contribution in [2.24, 2.45) is 0 Å². The number of methoxy groups -OCH3 is 1. The Labute approximate surface area is 182 Å². The predicted molar refractivity (Wildman–Crippen MR) is 118 cm³/mol. The van der Waals surface area contributed by atoms with Gasteiger partial charge in [-0.25, -0.2) is 8.42 Å². The second kappa shape index (κ2) is 9.24. The van der Waals surface area contributed by atoms with Crippen LogP contribution in [0, 0.1) is 6.92 Å². The van der Waals surface area contributed by atoms with Gasteiger partial charge in [-0.2, -0.15) is 4.31 Å². The third-order valence-electron chi connectivity index (χ3n) is 5.24. The molecule has 7 nitrogen and oxygen atoms in total. The fourth-order valence-corrected chi connectivity index (χ4v) is 4.84. The summed E-state index contributed by atoms with van der Waals surface area (Å²) in [6, 6.07) is 12.3. The van der Waals surface area contributed by atoms with Crippen LogP contribution < -0.4 is 9.64 Å². The van der Waals surface area contributed by atoms with Crippen molar-refractivity contribution in [1.82, 2.24) is 9.21 Å². The number of sulfonamides is 1. The molecule has 0 radical (unpaired) electrons. The highest BCUT2D eigenvalue weighted by atomic mass is 35.5. The Morgan fingerprint density at radius 2 is 1.83 bits per heavy atom. The first-order valence-corrected chi connectivity index (χ1v) is 11.4. The van der Waals surface area contributed by atoms with Gasteiger partial charge in [0.25, 0.3) is 0 Å². The molecular weight excluding hydrogens is 426 g/mol. The molecule has 1 heterocycles. The highest BCUT2D eigenvalue weighted by Gasteiger charge is 2.27. The summed E-state index contributed by atoms with van der Waals surface area (Å²) in [4.78, 5) is 16.7. The Bertz CT molecular complexity index is 1020. The van der Waals surface area contributed by atoms with Gasteiger partial charge in [-0.3, -0.25) is 4.79 Å². The van der Waals surface area contributed by atoms with Crippen molar-refractivity contribution in [1.29, 1.82) is 0 Å². The van der Waals surface area contributed by atoms with Crippen molar-refractivity contribution in [3.05, 3.63) is 53.1 Å². The maximum absolute atomic E-state index is 12.9. The molecule has 9 heteroatoms. The van der Waals surface area contributed by atoms with Crippen LogP contribution in [0.25, 0.3) is 0 Å². The highest BCUT2D eigenvalue weighted by molar-refractivity contribution is 7.89. The molecule has 1 fully saturated rings. The lowest BCUT2D eigenvalue weighted by molar-refractivity contribution is -0.131. The fraction of sp³-hybridized carbons (Fsp3) is 0.381. The molecule has 2 aromatic rings. The Morgan fingerprint density at radius 3 is 2.43 bits per heavy atom. The average Bonchev–Trinajstić information content (AvgIpc) is 2.73. The average molecular weight is 452 g/mol. The molecule has 1 amide bonds. The lowest BCUT2D eigenvalue weighted by Crippen LogP contribution is -2.51.